The van der Waals surface area contributed by atoms with Crippen molar-refractivity contribution >= 4 is 5.91 Å². The standard InChI is InChI=1S/C20H29NO2/c1-15-11-16(2)13-17(12-15)19-9-6-10-21(19)20(22)14-23-18-7-4-3-5-8-18/h11-13,18-19H,3-10,14H2,1-2H3. The van der Waals surface area contributed by atoms with Gasteiger partial charge in [0.25, 0.3) is 0 Å². The van der Waals surface area contributed by atoms with Crippen LogP contribution in [0.2, 0.25) is 0 Å². The van der Waals surface area contributed by atoms with Gasteiger partial charge in [-0.1, -0.05) is 48.6 Å². The molecule has 3 rings (SSSR count). The molecule has 0 radical (unpaired) electrons. The summed E-state index contributed by atoms with van der Waals surface area (Å²) < 4.78 is 5.90. The Morgan fingerprint density at radius 1 is 1.04 bits per heavy atom. The smallest absolute Gasteiger partial charge is 0.249 e. The Balaban J connectivity index is 1.62. The lowest BCUT2D eigenvalue weighted by atomic mass is 9.98. The van der Waals surface area contributed by atoms with Crippen molar-refractivity contribution in [3.05, 3.63) is 34.9 Å². The van der Waals surface area contributed by atoms with E-state index in [1.165, 1.54) is 36.0 Å². The Bertz CT molecular complexity index is 528. The van der Waals surface area contributed by atoms with Gasteiger partial charge < -0.3 is 9.64 Å². The molecule has 3 heteroatoms. The number of nitrogens with zero attached hydrogens (tertiary/aromatic N) is 1. The summed E-state index contributed by atoms with van der Waals surface area (Å²) in [6.07, 6.45) is 8.50. The van der Waals surface area contributed by atoms with Crippen molar-refractivity contribution in [2.75, 3.05) is 13.2 Å². The molecule has 0 N–H and O–H groups in total. The van der Waals surface area contributed by atoms with Crippen LogP contribution in [-0.2, 0) is 9.53 Å². The molecule has 3 nitrogen and oxygen atoms in total. The van der Waals surface area contributed by atoms with Gasteiger partial charge in [0.2, 0.25) is 5.91 Å². The van der Waals surface area contributed by atoms with Gasteiger partial charge in [-0.25, -0.2) is 0 Å². The maximum atomic E-state index is 12.6. The molecule has 1 amide bonds. The van der Waals surface area contributed by atoms with Crippen LogP contribution in [0.5, 0.6) is 0 Å². The van der Waals surface area contributed by atoms with E-state index in [-0.39, 0.29) is 18.6 Å². The Kier molecular flexibility index (Phi) is 5.37. The highest BCUT2D eigenvalue weighted by Crippen LogP contribution is 2.33. The molecule has 1 saturated carbocycles. The molecular weight excluding hydrogens is 286 g/mol. The summed E-state index contributed by atoms with van der Waals surface area (Å²) in [4.78, 5) is 14.7. The van der Waals surface area contributed by atoms with Gasteiger partial charge in [-0.05, 0) is 45.1 Å². The molecule has 1 aliphatic carbocycles. The van der Waals surface area contributed by atoms with E-state index >= 15 is 0 Å². The Labute approximate surface area is 140 Å². The van der Waals surface area contributed by atoms with Crippen molar-refractivity contribution in [1.82, 2.24) is 4.90 Å². The third-order valence-electron chi connectivity index (χ3n) is 5.20. The Hall–Kier alpha value is -1.35. The minimum Gasteiger partial charge on any atom is -0.368 e. The number of benzene rings is 1. The first-order valence-corrected chi connectivity index (χ1v) is 9.13. The first kappa shape index (κ1) is 16.5. The number of carbonyl (C=O) groups excluding carboxylic acids is 1. The van der Waals surface area contributed by atoms with E-state index in [0.717, 1.165) is 32.2 Å². The lowest BCUT2D eigenvalue weighted by molar-refractivity contribution is -0.139. The minimum atomic E-state index is 0.164. The van der Waals surface area contributed by atoms with E-state index in [9.17, 15) is 4.79 Å². The SMILES string of the molecule is Cc1cc(C)cc(C2CCCN2C(=O)COC2CCCCC2)c1. The quantitative estimate of drug-likeness (QED) is 0.828. The molecule has 0 aromatic heterocycles. The van der Waals surface area contributed by atoms with Gasteiger partial charge >= 0.3 is 0 Å². The van der Waals surface area contributed by atoms with E-state index < -0.39 is 0 Å². The molecule has 2 fully saturated rings. The monoisotopic (exact) mass is 315 g/mol. The van der Waals surface area contributed by atoms with Crippen molar-refractivity contribution in [3.63, 3.8) is 0 Å². The van der Waals surface area contributed by atoms with E-state index in [2.05, 4.69) is 32.0 Å². The molecule has 126 valence electrons. The summed E-state index contributed by atoms with van der Waals surface area (Å²) in [5.41, 5.74) is 3.83. The van der Waals surface area contributed by atoms with Crippen LogP contribution in [0, 0.1) is 13.8 Å². The van der Waals surface area contributed by atoms with Crippen LogP contribution in [0.25, 0.3) is 0 Å². The number of hydrogen-bond acceptors (Lipinski definition) is 2. The van der Waals surface area contributed by atoms with Crippen LogP contribution in [0.15, 0.2) is 18.2 Å². The molecular formula is C20H29NO2. The molecule has 1 heterocycles. The van der Waals surface area contributed by atoms with Gasteiger partial charge in [-0.2, -0.15) is 0 Å². The molecule has 1 atom stereocenters. The summed E-state index contributed by atoms with van der Waals surface area (Å²) in [5, 5.41) is 0. The van der Waals surface area contributed by atoms with Crippen LogP contribution in [0.1, 0.15) is 67.7 Å². The molecule has 2 aliphatic rings. The zero-order valence-corrected chi connectivity index (χ0v) is 14.5. The van der Waals surface area contributed by atoms with Crippen molar-refractivity contribution in [2.24, 2.45) is 0 Å². The van der Waals surface area contributed by atoms with Gasteiger partial charge in [0, 0.05) is 6.54 Å². The summed E-state index contributed by atoms with van der Waals surface area (Å²) in [6, 6.07) is 6.88. The van der Waals surface area contributed by atoms with Crippen LogP contribution in [0.3, 0.4) is 0 Å². The minimum absolute atomic E-state index is 0.164. The van der Waals surface area contributed by atoms with Crippen LogP contribution in [0.4, 0.5) is 0 Å². The molecule has 23 heavy (non-hydrogen) atoms. The maximum absolute atomic E-state index is 12.6. The average Bonchev–Trinajstić information content (AvgIpc) is 3.02. The highest BCUT2D eigenvalue weighted by Gasteiger charge is 2.30. The van der Waals surface area contributed by atoms with Crippen LogP contribution in [-0.4, -0.2) is 30.1 Å². The third kappa shape index (κ3) is 4.14. The molecule has 1 aliphatic heterocycles. The number of rotatable bonds is 4. The molecule has 1 saturated heterocycles. The molecule has 0 bridgehead atoms. The van der Waals surface area contributed by atoms with Crippen LogP contribution < -0.4 is 0 Å². The second kappa shape index (κ2) is 7.48. The van der Waals surface area contributed by atoms with Crippen LogP contribution >= 0.6 is 0 Å². The number of hydrogen-bond donors (Lipinski definition) is 0. The summed E-state index contributed by atoms with van der Waals surface area (Å²) in [5.74, 6) is 0.164. The zero-order chi connectivity index (χ0) is 16.2. The molecule has 1 aromatic rings. The van der Waals surface area contributed by atoms with E-state index in [1.807, 2.05) is 4.90 Å². The van der Waals surface area contributed by atoms with Gasteiger partial charge in [-0.15, -0.1) is 0 Å². The number of likely N-dealkylation sites (tertiary alicyclic amines) is 1. The van der Waals surface area contributed by atoms with Crippen molar-refractivity contribution in [2.45, 2.75) is 70.9 Å². The maximum Gasteiger partial charge on any atom is 0.249 e. The summed E-state index contributed by atoms with van der Waals surface area (Å²) in [7, 11) is 0. The van der Waals surface area contributed by atoms with Gasteiger partial charge in [0.05, 0.1) is 12.1 Å². The highest BCUT2D eigenvalue weighted by molar-refractivity contribution is 5.78. The second-order valence-electron chi connectivity index (χ2n) is 7.24. The van der Waals surface area contributed by atoms with Crippen molar-refractivity contribution in [3.8, 4) is 0 Å². The van der Waals surface area contributed by atoms with E-state index in [4.69, 9.17) is 4.74 Å². The lowest BCUT2D eigenvalue weighted by Crippen LogP contribution is -2.35. The van der Waals surface area contributed by atoms with Gasteiger partial charge in [-0.3, -0.25) is 4.79 Å². The Morgan fingerprint density at radius 2 is 1.74 bits per heavy atom. The van der Waals surface area contributed by atoms with Gasteiger partial charge in [0.15, 0.2) is 0 Å². The van der Waals surface area contributed by atoms with Crippen molar-refractivity contribution in [1.29, 1.82) is 0 Å². The lowest BCUT2D eigenvalue weighted by Gasteiger charge is -2.27. The topological polar surface area (TPSA) is 29.5 Å². The highest BCUT2D eigenvalue weighted by atomic mass is 16.5. The molecule has 1 unspecified atom stereocenters. The fourth-order valence-corrected chi connectivity index (χ4v) is 4.12. The van der Waals surface area contributed by atoms with E-state index in [0.29, 0.717) is 6.10 Å². The van der Waals surface area contributed by atoms with Crippen molar-refractivity contribution < 1.29 is 9.53 Å². The number of carbonyl (C=O) groups is 1. The number of aryl methyl sites for hydroxylation is 2. The normalized spacial score (nSPS) is 22.5. The number of ether oxygens (including phenoxy) is 1. The average molecular weight is 315 g/mol. The van der Waals surface area contributed by atoms with E-state index in [1.54, 1.807) is 0 Å². The Morgan fingerprint density at radius 3 is 2.43 bits per heavy atom. The molecule has 0 spiro atoms. The fraction of sp³-hybridized carbons (Fsp3) is 0.650. The predicted molar refractivity (Wildman–Crippen MR) is 92.4 cm³/mol. The first-order chi connectivity index (χ1) is 11.1. The first-order valence-electron chi connectivity index (χ1n) is 9.13. The predicted octanol–water partition coefficient (Wildman–Crippen LogP) is 4.32. The second-order valence-corrected chi connectivity index (χ2v) is 7.24. The number of amides is 1. The summed E-state index contributed by atoms with van der Waals surface area (Å²) in [6.45, 7) is 5.38. The fourth-order valence-electron chi connectivity index (χ4n) is 4.12. The molecule has 1 aromatic carbocycles. The largest absolute Gasteiger partial charge is 0.368 e. The summed E-state index contributed by atoms with van der Waals surface area (Å²) >= 11 is 0. The van der Waals surface area contributed by atoms with Gasteiger partial charge in [0.1, 0.15) is 6.61 Å². The third-order valence-corrected chi connectivity index (χ3v) is 5.20. The zero-order valence-electron chi connectivity index (χ0n) is 14.5.